The molecule has 0 radical (unpaired) electrons. The molecule has 0 aromatic carbocycles. The van der Waals surface area contributed by atoms with E-state index in [4.69, 9.17) is 9.79 Å². The summed E-state index contributed by atoms with van der Waals surface area (Å²) in [4.78, 5) is 15.3. The van der Waals surface area contributed by atoms with E-state index in [1.165, 1.54) is 0 Å². The van der Waals surface area contributed by atoms with Gasteiger partial charge in [-0.05, 0) is 0 Å². The molecule has 0 atom stereocenters. The van der Waals surface area contributed by atoms with E-state index in [-0.39, 0.29) is 26.2 Å². The average molecular weight is 187 g/mol. The summed E-state index contributed by atoms with van der Waals surface area (Å²) >= 11 is 0. The van der Waals surface area contributed by atoms with E-state index in [1.807, 2.05) is 0 Å². The molecule has 3 nitrogen and oxygen atoms in total. The fraction of sp³-hybridized carbons (Fsp3) is 1.00. The molecule has 36 valence electrons. The normalized spacial score (nSPS) is 9.83. The second kappa shape index (κ2) is 3.09. The molecule has 0 rings (SSSR count). The van der Waals surface area contributed by atoms with Crippen molar-refractivity contribution in [3.63, 3.8) is 0 Å². The van der Waals surface area contributed by atoms with Gasteiger partial charge in [0.15, 0.2) is 0 Å². The molecular formula is CH5O3PZr. The van der Waals surface area contributed by atoms with Crippen LogP contribution < -0.4 is 0 Å². The van der Waals surface area contributed by atoms with E-state index in [9.17, 15) is 4.57 Å². The van der Waals surface area contributed by atoms with Crippen molar-refractivity contribution in [2.45, 2.75) is 0 Å². The monoisotopic (exact) mass is 186 g/mol. The molecule has 0 fully saturated rings. The van der Waals surface area contributed by atoms with Crippen molar-refractivity contribution in [3.8, 4) is 0 Å². The Bertz CT molecular complexity index is 56.9. The summed E-state index contributed by atoms with van der Waals surface area (Å²) in [6, 6.07) is 0. The molecule has 0 saturated heterocycles. The van der Waals surface area contributed by atoms with Gasteiger partial charge in [0.1, 0.15) is 0 Å². The van der Waals surface area contributed by atoms with Crippen LogP contribution in [0.4, 0.5) is 0 Å². The van der Waals surface area contributed by atoms with Crippen LogP contribution in [0.3, 0.4) is 0 Å². The Morgan fingerprint density at radius 3 is 1.50 bits per heavy atom. The molecule has 0 aromatic rings. The first-order chi connectivity index (χ1) is 2.00. The summed E-state index contributed by atoms with van der Waals surface area (Å²) in [5.74, 6) is 0. The van der Waals surface area contributed by atoms with Crippen LogP contribution in [0.15, 0.2) is 0 Å². The van der Waals surface area contributed by atoms with Crippen LogP contribution in [-0.4, -0.2) is 16.5 Å². The van der Waals surface area contributed by atoms with Gasteiger partial charge in [-0.3, -0.25) is 4.57 Å². The van der Waals surface area contributed by atoms with Crippen molar-refractivity contribution in [2.24, 2.45) is 0 Å². The first-order valence-electron chi connectivity index (χ1n) is 1.03. The number of hydrogen-bond acceptors (Lipinski definition) is 1. The van der Waals surface area contributed by atoms with Gasteiger partial charge in [0, 0.05) is 32.9 Å². The molecule has 0 unspecified atom stereocenters. The predicted octanol–water partition coefficient (Wildman–Crippen LogP) is -0.209. The van der Waals surface area contributed by atoms with Gasteiger partial charge in [0.2, 0.25) is 0 Å². The molecule has 0 saturated carbocycles. The van der Waals surface area contributed by atoms with Crippen LogP contribution >= 0.6 is 7.60 Å². The Labute approximate surface area is 55.0 Å². The molecule has 0 aromatic heterocycles. The van der Waals surface area contributed by atoms with Crippen molar-refractivity contribution in [1.82, 2.24) is 0 Å². The van der Waals surface area contributed by atoms with Crippen LogP contribution in [-0.2, 0) is 30.8 Å². The average Bonchev–Trinajstić information content (AvgIpc) is 0.722. The van der Waals surface area contributed by atoms with Crippen molar-refractivity contribution in [2.75, 3.05) is 6.66 Å². The van der Waals surface area contributed by atoms with Crippen LogP contribution in [0.5, 0.6) is 0 Å². The molecule has 0 aliphatic heterocycles. The van der Waals surface area contributed by atoms with Gasteiger partial charge in [-0.25, -0.2) is 0 Å². The molecular weight excluding hydrogens is 182 g/mol. The summed E-state index contributed by atoms with van der Waals surface area (Å²) < 4.78 is 9.33. The SMILES string of the molecule is CP(=O)(O)O.[Zr]. The van der Waals surface area contributed by atoms with Gasteiger partial charge in [-0.15, -0.1) is 0 Å². The number of hydrogen-bond donors (Lipinski definition) is 2. The standard InChI is InChI=1S/CH5O3P.Zr/c1-5(2,3)4;/h1H3,(H2,2,3,4);. The van der Waals surface area contributed by atoms with E-state index in [2.05, 4.69) is 0 Å². The largest absolute Gasteiger partial charge is 0.325 e. The van der Waals surface area contributed by atoms with Gasteiger partial charge >= 0.3 is 7.60 Å². The second-order valence-electron chi connectivity index (χ2n) is 0.835. The first kappa shape index (κ1) is 10.1. The molecule has 0 spiro atoms. The van der Waals surface area contributed by atoms with E-state index in [0.717, 1.165) is 6.66 Å². The molecule has 0 heterocycles. The maximum absolute atomic E-state index is 9.33. The van der Waals surface area contributed by atoms with E-state index in [0.29, 0.717) is 0 Å². The van der Waals surface area contributed by atoms with Gasteiger partial charge < -0.3 is 9.79 Å². The van der Waals surface area contributed by atoms with Gasteiger partial charge in [-0.2, -0.15) is 0 Å². The quantitative estimate of drug-likeness (QED) is 0.516. The summed E-state index contributed by atoms with van der Waals surface area (Å²) in [6.07, 6.45) is 0. The summed E-state index contributed by atoms with van der Waals surface area (Å²) in [5, 5.41) is 0. The van der Waals surface area contributed by atoms with Crippen molar-refractivity contribution in [1.29, 1.82) is 0 Å². The second-order valence-corrected chi connectivity index (χ2v) is 2.51. The van der Waals surface area contributed by atoms with Crippen LogP contribution in [0.1, 0.15) is 0 Å². The third kappa shape index (κ3) is 76.7. The van der Waals surface area contributed by atoms with Crippen molar-refractivity contribution < 1.29 is 40.6 Å². The summed E-state index contributed by atoms with van der Waals surface area (Å²) in [5.41, 5.74) is 0. The minimum atomic E-state index is -3.64. The van der Waals surface area contributed by atoms with Gasteiger partial charge in [0.05, 0.1) is 0 Å². The summed E-state index contributed by atoms with van der Waals surface area (Å²) in [6.45, 7) is 0.854. The molecule has 2 N–H and O–H groups in total. The Morgan fingerprint density at radius 2 is 1.50 bits per heavy atom. The third-order valence-electron chi connectivity index (χ3n) is 0. The molecule has 0 bridgehead atoms. The number of rotatable bonds is 0. The first-order valence-corrected chi connectivity index (χ1v) is 3.09. The Hall–Kier alpha value is 1.03. The van der Waals surface area contributed by atoms with Crippen LogP contribution in [0, 0.1) is 0 Å². The molecule has 0 aliphatic carbocycles. The van der Waals surface area contributed by atoms with Gasteiger partial charge in [0.25, 0.3) is 0 Å². The van der Waals surface area contributed by atoms with E-state index < -0.39 is 7.60 Å². The molecule has 0 amide bonds. The topological polar surface area (TPSA) is 57.5 Å². The predicted molar refractivity (Wildman–Crippen MR) is 18.0 cm³/mol. The molecule has 6 heavy (non-hydrogen) atoms. The zero-order valence-corrected chi connectivity index (χ0v) is 6.60. The van der Waals surface area contributed by atoms with Crippen molar-refractivity contribution in [3.05, 3.63) is 0 Å². The maximum Gasteiger partial charge on any atom is 0.322 e. The molecule has 5 heteroatoms. The minimum absolute atomic E-state index is 0. The zero-order chi connectivity index (χ0) is 4.50. The Balaban J connectivity index is 0. The fourth-order valence-corrected chi connectivity index (χ4v) is 0. The minimum Gasteiger partial charge on any atom is -0.325 e. The van der Waals surface area contributed by atoms with E-state index >= 15 is 0 Å². The Morgan fingerprint density at radius 1 is 1.50 bits per heavy atom. The zero-order valence-electron chi connectivity index (χ0n) is 3.25. The fourth-order valence-electron chi connectivity index (χ4n) is 0. The summed E-state index contributed by atoms with van der Waals surface area (Å²) in [7, 11) is -3.64. The van der Waals surface area contributed by atoms with Gasteiger partial charge in [-0.1, -0.05) is 0 Å². The Kier molecular flexibility index (Phi) is 5.20. The smallest absolute Gasteiger partial charge is 0.322 e. The molecule has 0 aliphatic rings. The van der Waals surface area contributed by atoms with Crippen LogP contribution in [0.2, 0.25) is 0 Å². The third-order valence-corrected chi connectivity index (χ3v) is 0. The maximum atomic E-state index is 9.33. The van der Waals surface area contributed by atoms with E-state index in [1.54, 1.807) is 0 Å². The van der Waals surface area contributed by atoms with Crippen LogP contribution in [0.25, 0.3) is 0 Å². The van der Waals surface area contributed by atoms with Crippen molar-refractivity contribution >= 4 is 7.60 Å².